The lowest BCUT2D eigenvalue weighted by Crippen LogP contribution is -3.28. The average Bonchev–Trinajstić information content (AvgIpc) is 2.66. The minimum absolute atomic E-state index is 0.113. The summed E-state index contributed by atoms with van der Waals surface area (Å²) in [7, 11) is 0. The number of quaternary nitrogens is 2. The van der Waals surface area contributed by atoms with Crippen molar-refractivity contribution in [2.45, 2.75) is 57.3 Å². The molecule has 3 aliphatic heterocycles. The number of fused-ring (bicyclic) bond motifs is 4. The van der Waals surface area contributed by atoms with Gasteiger partial charge in [0.2, 0.25) is 0 Å². The van der Waals surface area contributed by atoms with Gasteiger partial charge in [-0.2, -0.15) is 0 Å². The van der Waals surface area contributed by atoms with Crippen molar-refractivity contribution in [2.24, 2.45) is 5.92 Å². The van der Waals surface area contributed by atoms with Crippen LogP contribution in [0.5, 0.6) is 5.75 Å². The molecule has 0 amide bonds. The molecule has 0 bridgehead atoms. The largest absolute Gasteiger partial charge is 0.439 e. The highest BCUT2D eigenvalue weighted by Gasteiger charge is 2.66. The molecule has 0 radical (unpaired) electrons. The van der Waals surface area contributed by atoms with Crippen molar-refractivity contribution in [3.63, 3.8) is 0 Å². The van der Waals surface area contributed by atoms with Crippen molar-refractivity contribution in [1.82, 2.24) is 0 Å². The number of morpholine rings is 1. The van der Waals surface area contributed by atoms with Crippen LogP contribution >= 0.6 is 0 Å². The summed E-state index contributed by atoms with van der Waals surface area (Å²) in [6.07, 6.45) is 2.15. The molecule has 0 saturated carbocycles. The normalized spacial score (nSPS) is 31.6. The number of hydrogen-bond acceptors (Lipinski definition) is 2. The molecule has 28 heavy (non-hydrogen) atoms. The van der Waals surface area contributed by atoms with Gasteiger partial charge >= 0.3 is 0 Å². The standard InChI is InChI=1S/C24H32N2O2/c1-22(2)16-24(26-11-13-27-14-12-26)21(23(3,4)25-22)15-19-18-8-6-5-7-17(18)9-10-20(19)28-24/h5-10,21,25H,11-16H2,1-4H3/p+2/t21-,24-/m0/s1. The lowest BCUT2D eigenvalue weighted by atomic mass is 9.64. The van der Waals surface area contributed by atoms with E-state index in [4.69, 9.17) is 9.47 Å². The highest BCUT2D eigenvalue weighted by atomic mass is 16.5. The molecular formula is C24H34N2O2+2. The molecule has 3 aliphatic rings. The summed E-state index contributed by atoms with van der Waals surface area (Å²) in [5.41, 5.74) is 1.48. The van der Waals surface area contributed by atoms with Crippen LogP contribution in [0.15, 0.2) is 36.4 Å². The van der Waals surface area contributed by atoms with Crippen LogP contribution in [0, 0.1) is 5.92 Å². The van der Waals surface area contributed by atoms with Crippen LogP contribution < -0.4 is 15.0 Å². The lowest BCUT2D eigenvalue weighted by Gasteiger charge is -2.58. The van der Waals surface area contributed by atoms with Crippen LogP contribution in [-0.4, -0.2) is 43.1 Å². The zero-order chi connectivity index (χ0) is 19.6. The van der Waals surface area contributed by atoms with Gasteiger partial charge in [0, 0.05) is 5.56 Å². The molecule has 5 rings (SSSR count). The zero-order valence-electron chi connectivity index (χ0n) is 17.7. The van der Waals surface area contributed by atoms with Crippen molar-refractivity contribution in [2.75, 3.05) is 26.3 Å². The minimum atomic E-state index is -0.180. The molecule has 4 nitrogen and oxygen atoms in total. The molecule has 3 heterocycles. The van der Waals surface area contributed by atoms with E-state index in [9.17, 15) is 0 Å². The Balaban J connectivity index is 1.68. The van der Waals surface area contributed by atoms with Crippen molar-refractivity contribution >= 4 is 10.8 Å². The fraction of sp³-hybridized carbons (Fsp3) is 0.583. The summed E-state index contributed by atoms with van der Waals surface area (Å²) in [4.78, 5) is 1.58. The number of benzene rings is 2. The fourth-order valence-electron chi connectivity index (χ4n) is 6.60. The van der Waals surface area contributed by atoms with Crippen LogP contribution in [-0.2, 0) is 11.2 Å². The predicted molar refractivity (Wildman–Crippen MR) is 111 cm³/mol. The highest BCUT2D eigenvalue weighted by Crippen LogP contribution is 2.46. The molecule has 150 valence electrons. The summed E-state index contributed by atoms with van der Waals surface area (Å²) in [6.45, 7) is 13.3. The maximum absolute atomic E-state index is 7.13. The van der Waals surface area contributed by atoms with Crippen LogP contribution in [0.1, 0.15) is 39.7 Å². The second-order valence-electron chi connectivity index (χ2n) is 10.4. The van der Waals surface area contributed by atoms with Crippen LogP contribution in [0.3, 0.4) is 0 Å². The number of rotatable bonds is 1. The Labute approximate surface area is 168 Å². The number of piperidine rings is 1. The number of hydrogen-bond donors (Lipinski definition) is 2. The average molecular weight is 383 g/mol. The van der Waals surface area contributed by atoms with E-state index in [0.29, 0.717) is 5.92 Å². The van der Waals surface area contributed by atoms with Gasteiger partial charge < -0.3 is 14.8 Å². The molecule has 2 fully saturated rings. The molecule has 2 aromatic carbocycles. The molecule has 3 N–H and O–H groups in total. The number of nitrogens with two attached hydrogens (primary N) is 1. The molecular weight excluding hydrogens is 348 g/mol. The van der Waals surface area contributed by atoms with Gasteiger partial charge in [0.1, 0.15) is 35.8 Å². The van der Waals surface area contributed by atoms with E-state index in [0.717, 1.165) is 44.9 Å². The van der Waals surface area contributed by atoms with Crippen LogP contribution in [0.4, 0.5) is 0 Å². The van der Waals surface area contributed by atoms with E-state index in [1.54, 1.807) is 4.90 Å². The highest BCUT2D eigenvalue weighted by molar-refractivity contribution is 5.88. The third-order valence-corrected chi connectivity index (χ3v) is 7.33. The van der Waals surface area contributed by atoms with Gasteiger partial charge in [-0.25, -0.2) is 0 Å². The van der Waals surface area contributed by atoms with E-state index < -0.39 is 0 Å². The van der Waals surface area contributed by atoms with Gasteiger partial charge in [0.25, 0.3) is 5.72 Å². The molecule has 2 aromatic rings. The van der Waals surface area contributed by atoms with Crippen molar-refractivity contribution in [1.29, 1.82) is 0 Å². The smallest absolute Gasteiger partial charge is 0.257 e. The number of ether oxygens (including phenoxy) is 2. The zero-order valence-corrected chi connectivity index (χ0v) is 17.7. The Morgan fingerprint density at radius 3 is 2.54 bits per heavy atom. The summed E-state index contributed by atoms with van der Waals surface area (Å²) in [5, 5.41) is 5.27. The first-order valence-electron chi connectivity index (χ1n) is 10.8. The second kappa shape index (κ2) is 6.19. The lowest BCUT2D eigenvalue weighted by molar-refractivity contribution is -1.00. The van der Waals surface area contributed by atoms with Crippen LogP contribution in [0.2, 0.25) is 0 Å². The fourth-order valence-corrected chi connectivity index (χ4v) is 6.60. The third-order valence-electron chi connectivity index (χ3n) is 7.33. The Kier molecular flexibility index (Phi) is 4.07. The minimum Gasteiger partial charge on any atom is -0.439 e. The molecule has 0 aromatic heterocycles. The van der Waals surface area contributed by atoms with E-state index in [1.807, 2.05) is 0 Å². The van der Waals surface area contributed by atoms with E-state index in [1.165, 1.54) is 16.3 Å². The van der Waals surface area contributed by atoms with Crippen LogP contribution in [0.25, 0.3) is 10.8 Å². The molecule has 0 unspecified atom stereocenters. The molecule has 0 spiro atoms. The van der Waals surface area contributed by atoms with Gasteiger partial charge in [0.05, 0.1) is 19.6 Å². The maximum atomic E-state index is 7.13. The first kappa shape index (κ1) is 18.4. The van der Waals surface area contributed by atoms with Gasteiger partial charge in [-0.1, -0.05) is 30.3 Å². The molecule has 2 saturated heterocycles. The van der Waals surface area contributed by atoms with Gasteiger partial charge in [-0.05, 0) is 51.0 Å². The first-order valence-corrected chi connectivity index (χ1v) is 10.8. The molecule has 0 aliphatic carbocycles. The first-order chi connectivity index (χ1) is 13.3. The van der Waals surface area contributed by atoms with Crippen molar-refractivity contribution < 1.29 is 19.7 Å². The SMILES string of the molecule is CC1(C)C[C@]2([NH+]3CCOCC3)Oc3ccc4ccccc4c3C[C@H]2C(C)(C)[NH2+]1. The van der Waals surface area contributed by atoms with Gasteiger partial charge in [0.15, 0.2) is 0 Å². The van der Waals surface area contributed by atoms with Crippen molar-refractivity contribution in [3.8, 4) is 5.75 Å². The summed E-state index contributed by atoms with van der Waals surface area (Å²) in [6, 6.07) is 13.2. The molecule has 4 heteroatoms. The monoisotopic (exact) mass is 382 g/mol. The Bertz CT molecular complexity index is 901. The summed E-state index contributed by atoms with van der Waals surface area (Å²) in [5.74, 6) is 1.56. The second-order valence-corrected chi connectivity index (χ2v) is 10.4. The third kappa shape index (κ3) is 2.77. The summed E-state index contributed by atoms with van der Waals surface area (Å²) >= 11 is 0. The van der Waals surface area contributed by atoms with E-state index in [-0.39, 0.29) is 16.8 Å². The summed E-state index contributed by atoms with van der Waals surface area (Å²) < 4.78 is 12.8. The van der Waals surface area contributed by atoms with Gasteiger partial charge in [-0.3, -0.25) is 4.90 Å². The number of nitrogens with one attached hydrogen (secondary N) is 1. The predicted octanol–water partition coefficient (Wildman–Crippen LogP) is 1.53. The topological polar surface area (TPSA) is 39.5 Å². The Hall–Kier alpha value is -1.62. The van der Waals surface area contributed by atoms with E-state index >= 15 is 0 Å². The quantitative estimate of drug-likeness (QED) is 0.785. The Morgan fingerprint density at radius 1 is 1.00 bits per heavy atom. The van der Waals surface area contributed by atoms with Gasteiger partial charge in [-0.15, -0.1) is 0 Å². The maximum Gasteiger partial charge on any atom is 0.257 e. The Morgan fingerprint density at radius 2 is 1.75 bits per heavy atom. The van der Waals surface area contributed by atoms with E-state index in [2.05, 4.69) is 69.4 Å². The van der Waals surface area contributed by atoms with Crippen molar-refractivity contribution in [3.05, 3.63) is 42.0 Å². The molecule has 2 atom stereocenters.